The van der Waals surface area contributed by atoms with Crippen molar-refractivity contribution in [2.45, 2.75) is 30.7 Å². The van der Waals surface area contributed by atoms with Crippen LogP contribution in [0.5, 0.6) is 0 Å². The van der Waals surface area contributed by atoms with Gasteiger partial charge in [-0.25, -0.2) is 18.5 Å². The number of benzene rings is 1. The number of carbonyl (C=O) groups is 1. The highest BCUT2D eigenvalue weighted by Gasteiger charge is 2.18. The first-order valence-corrected chi connectivity index (χ1v) is 11.0. The Morgan fingerprint density at radius 2 is 1.96 bits per heavy atom. The topological polar surface area (TPSA) is 105 Å². The van der Waals surface area contributed by atoms with Crippen molar-refractivity contribution in [3.63, 3.8) is 0 Å². The standard InChI is InChI=1S/C18H21BrN4O3S/c19-16-7-6-14(27(20,25)26)11-15(16)18(24)22-12-13-5-4-8-21-17(13)23-9-2-1-3-10-23/h4-8,11H,1-3,9-10,12H2,(H,22,24)(H2,20,25,26). The fourth-order valence-corrected chi connectivity index (χ4v) is 4.05. The number of nitrogens with zero attached hydrogens (tertiary/aromatic N) is 2. The quantitative estimate of drug-likeness (QED) is 0.724. The van der Waals surface area contributed by atoms with E-state index in [2.05, 4.69) is 31.1 Å². The summed E-state index contributed by atoms with van der Waals surface area (Å²) in [6, 6.07) is 7.90. The number of piperidine rings is 1. The van der Waals surface area contributed by atoms with Gasteiger partial charge in [-0.1, -0.05) is 6.07 Å². The van der Waals surface area contributed by atoms with Gasteiger partial charge in [-0.15, -0.1) is 0 Å². The minimum absolute atomic E-state index is 0.105. The second-order valence-corrected chi connectivity index (χ2v) is 8.82. The summed E-state index contributed by atoms with van der Waals surface area (Å²) in [5.74, 6) is 0.496. The molecule has 2 aromatic rings. The SMILES string of the molecule is NS(=O)(=O)c1ccc(Br)c(C(=O)NCc2cccnc2N2CCCCC2)c1. The number of nitrogens with two attached hydrogens (primary N) is 1. The molecule has 2 heterocycles. The molecule has 1 fully saturated rings. The van der Waals surface area contributed by atoms with Gasteiger partial charge in [-0.3, -0.25) is 4.79 Å². The van der Waals surface area contributed by atoms with E-state index in [1.807, 2.05) is 12.1 Å². The summed E-state index contributed by atoms with van der Waals surface area (Å²) < 4.78 is 23.6. The summed E-state index contributed by atoms with van der Waals surface area (Å²) in [5, 5.41) is 8.00. The number of sulfonamides is 1. The third kappa shape index (κ3) is 4.85. The molecule has 1 aromatic heterocycles. The van der Waals surface area contributed by atoms with Gasteiger partial charge >= 0.3 is 0 Å². The first-order chi connectivity index (χ1) is 12.9. The van der Waals surface area contributed by atoms with E-state index >= 15 is 0 Å². The third-order valence-electron chi connectivity index (χ3n) is 4.47. The summed E-state index contributed by atoms with van der Waals surface area (Å²) in [5.41, 5.74) is 1.14. The normalized spacial score (nSPS) is 14.8. The molecule has 0 atom stereocenters. The lowest BCUT2D eigenvalue weighted by Gasteiger charge is -2.29. The number of anilines is 1. The van der Waals surface area contributed by atoms with Crippen LogP contribution in [0.25, 0.3) is 0 Å². The smallest absolute Gasteiger partial charge is 0.252 e. The molecule has 1 amide bonds. The average molecular weight is 453 g/mol. The van der Waals surface area contributed by atoms with Gasteiger partial charge in [0.1, 0.15) is 5.82 Å². The molecule has 1 saturated heterocycles. The highest BCUT2D eigenvalue weighted by atomic mass is 79.9. The van der Waals surface area contributed by atoms with Crippen LogP contribution < -0.4 is 15.4 Å². The van der Waals surface area contributed by atoms with Crippen LogP contribution in [0.4, 0.5) is 5.82 Å². The predicted octanol–water partition coefficient (Wildman–Crippen LogP) is 2.41. The molecule has 0 saturated carbocycles. The van der Waals surface area contributed by atoms with Crippen LogP contribution in [0.15, 0.2) is 45.9 Å². The van der Waals surface area contributed by atoms with Gasteiger partial charge in [-0.05, 0) is 59.5 Å². The molecule has 1 aliphatic heterocycles. The molecule has 7 nitrogen and oxygen atoms in total. The fourth-order valence-electron chi connectivity index (χ4n) is 3.08. The van der Waals surface area contributed by atoms with Crippen molar-refractivity contribution < 1.29 is 13.2 Å². The highest BCUT2D eigenvalue weighted by Crippen LogP contribution is 2.23. The molecular formula is C18H21BrN4O3S. The minimum atomic E-state index is -3.88. The first kappa shape index (κ1) is 19.8. The molecule has 0 radical (unpaired) electrons. The molecule has 9 heteroatoms. The zero-order valence-electron chi connectivity index (χ0n) is 14.7. The van der Waals surface area contributed by atoms with Gasteiger partial charge in [0.25, 0.3) is 5.91 Å². The number of hydrogen-bond donors (Lipinski definition) is 2. The maximum atomic E-state index is 12.6. The number of rotatable bonds is 5. The average Bonchev–Trinajstić information content (AvgIpc) is 2.66. The molecule has 0 unspecified atom stereocenters. The monoisotopic (exact) mass is 452 g/mol. The lowest BCUT2D eigenvalue weighted by molar-refractivity contribution is 0.0950. The Kier molecular flexibility index (Phi) is 6.13. The Bertz CT molecular complexity index is 943. The molecule has 1 aromatic carbocycles. The van der Waals surface area contributed by atoms with E-state index in [-0.39, 0.29) is 16.4 Å². The molecule has 0 bridgehead atoms. The number of aromatic nitrogens is 1. The number of halogens is 1. The Morgan fingerprint density at radius 3 is 2.67 bits per heavy atom. The van der Waals surface area contributed by atoms with Crippen LogP contribution in [0.2, 0.25) is 0 Å². The highest BCUT2D eigenvalue weighted by molar-refractivity contribution is 9.10. The van der Waals surface area contributed by atoms with E-state index in [4.69, 9.17) is 5.14 Å². The second-order valence-electron chi connectivity index (χ2n) is 6.40. The van der Waals surface area contributed by atoms with Crippen molar-refractivity contribution in [2.24, 2.45) is 5.14 Å². The van der Waals surface area contributed by atoms with Crippen LogP contribution in [-0.2, 0) is 16.6 Å². The van der Waals surface area contributed by atoms with Crippen molar-refractivity contribution >= 4 is 37.7 Å². The van der Waals surface area contributed by atoms with E-state index in [0.29, 0.717) is 11.0 Å². The predicted molar refractivity (Wildman–Crippen MR) is 107 cm³/mol. The molecule has 3 rings (SSSR count). The van der Waals surface area contributed by atoms with Gasteiger partial charge in [-0.2, -0.15) is 0 Å². The van der Waals surface area contributed by atoms with Crippen LogP contribution >= 0.6 is 15.9 Å². The maximum Gasteiger partial charge on any atom is 0.252 e. The van der Waals surface area contributed by atoms with Gasteiger partial charge < -0.3 is 10.2 Å². The van der Waals surface area contributed by atoms with Gasteiger partial charge in [0.2, 0.25) is 10.0 Å². The number of nitrogens with one attached hydrogen (secondary N) is 1. The molecule has 1 aliphatic rings. The fraction of sp³-hybridized carbons (Fsp3) is 0.333. The summed E-state index contributed by atoms with van der Waals surface area (Å²) in [7, 11) is -3.88. The zero-order valence-corrected chi connectivity index (χ0v) is 17.1. The first-order valence-electron chi connectivity index (χ1n) is 8.65. The summed E-state index contributed by atoms with van der Waals surface area (Å²) in [4.78, 5) is 19.2. The van der Waals surface area contributed by atoms with Gasteiger partial charge in [0, 0.05) is 35.9 Å². The lowest BCUT2D eigenvalue weighted by Crippen LogP contribution is -2.32. The van der Waals surface area contributed by atoms with E-state index in [9.17, 15) is 13.2 Å². The Balaban J connectivity index is 1.77. The number of hydrogen-bond acceptors (Lipinski definition) is 5. The third-order valence-corrected chi connectivity index (χ3v) is 6.08. The molecule has 0 aliphatic carbocycles. The van der Waals surface area contributed by atoms with Crippen molar-refractivity contribution in [3.05, 3.63) is 52.1 Å². The number of pyridine rings is 1. The summed E-state index contributed by atoms with van der Waals surface area (Å²) in [6.45, 7) is 2.21. The Labute approximate surface area is 167 Å². The van der Waals surface area contributed by atoms with E-state index in [0.717, 1.165) is 37.3 Å². The molecular weight excluding hydrogens is 432 g/mol. The number of amides is 1. The van der Waals surface area contributed by atoms with E-state index in [1.165, 1.54) is 24.6 Å². The summed E-state index contributed by atoms with van der Waals surface area (Å²) in [6.07, 6.45) is 5.25. The van der Waals surface area contributed by atoms with Crippen LogP contribution in [0.1, 0.15) is 35.2 Å². The number of primary sulfonamides is 1. The molecule has 27 heavy (non-hydrogen) atoms. The lowest BCUT2D eigenvalue weighted by atomic mass is 10.1. The van der Waals surface area contributed by atoms with Crippen LogP contribution in [0, 0.1) is 0 Å². The maximum absolute atomic E-state index is 12.6. The minimum Gasteiger partial charge on any atom is -0.356 e. The van der Waals surface area contributed by atoms with Crippen LogP contribution in [0.3, 0.4) is 0 Å². The van der Waals surface area contributed by atoms with Crippen LogP contribution in [-0.4, -0.2) is 32.4 Å². The van der Waals surface area contributed by atoms with Gasteiger partial charge in [0.05, 0.1) is 10.5 Å². The van der Waals surface area contributed by atoms with E-state index < -0.39 is 10.0 Å². The van der Waals surface area contributed by atoms with Crippen molar-refractivity contribution in [3.8, 4) is 0 Å². The molecule has 144 valence electrons. The largest absolute Gasteiger partial charge is 0.356 e. The Morgan fingerprint density at radius 1 is 1.22 bits per heavy atom. The zero-order chi connectivity index (χ0) is 19.4. The second kappa shape index (κ2) is 8.37. The molecule has 3 N–H and O–H groups in total. The van der Waals surface area contributed by atoms with E-state index in [1.54, 1.807) is 6.20 Å². The van der Waals surface area contributed by atoms with Crippen molar-refractivity contribution in [1.29, 1.82) is 0 Å². The molecule has 0 spiro atoms. The number of carbonyl (C=O) groups excluding carboxylic acids is 1. The summed E-state index contributed by atoms with van der Waals surface area (Å²) >= 11 is 3.28. The van der Waals surface area contributed by atoms with Gasteiger partial charge in [0.15, 0.2) is 0 Å². The van der Waals surface area contributed by atoms with Crippen molar-refractivity contribution in [2.75, 3.05) is 18.0 Å². The van der Waals surface area contributed by atoms with Crippen molar-refractivity contribution in [1.82, 2.24) is 10.3 Å². The Hall–Kier alpha value is -1.97.